The zero-order chi connectivity index (χ0) is 6.91. The van der Waals surface area contributed by atoms with Crippen molar-refractivity contribution in [3.8, 4) is 0 Å². The maximum absolute atomic E-state index is 4.34. The Balaban J connectivity index is 2.49. The molecule has 0 spiro atoms. The van der Waals surface area contributed by atoms with Crippen molar-refractivity contribution in [3.05, 3.63) is 0 Å². The third-order valence-electron chi connectivity index (χ3n) is 2.13. The maximum Gasteiger partial charge on any atom is 0.0313 e. The Hall–Kier alpha value is -0.0800. The van der Waals surface area contributed by atoms with E-state index in [1.54, 1.807) is 0 Å². The van der Waals surface area contributed by atoms with Crippen LogP contribution >= 0.6 is 0 Å². The molecule has 1 radical (unpaired) electrons. The average Bonchev–Trinajstić information content (AvgIpc) is 1.77. The molecule has 1 rings (SSSR count). The lowest BCUT2D eigenvalue weighted by Gasteiger charge is -2.39. The molecule has 0 N–H and O–H groups in total. The molecule has 53 valence electrons. The summed E-state index contributed by atoms with van der Waals surface area (Å²) in [6.45, 7) is 7.59. The Morgan fingerprint density at radius 3 is 2.44 bits per heavy atom. The van der Waals surface area contributed by atoms with Gasteiger partial charge in [-0.25, -0.2) is 5.32 Å². The zero-order valence-electron chi connectivity index (χ0n) is 6.52. The molecular formula is C7H15N2. The summed E-state index contributed by atoms with van der Waals surface area (Å²) in [7, 11) is 2.16. The van der Waals surface area contributed by atoms with Gasteiger partial charge in [0.1, 0.15) is 0 Å². The highest BCUT2D eigenvalue weighted by Crippen LogP contribution is 2.13. The van der Waals surface area contributed by atoms with Gasteiger partial charge in [0.15, 0.2) is 0 Å². The van der Waals surface area contributed by atoms with E-state index in [1.165, 1.54) is 0 Å². The van der Waals surface area contributed by atoms with Gasteiger partial charge >= 0.3 is 0 Å². The van der Waals surface area contributed by atoms with Crippen molar-refractivity contribution < 1.29 is 0 Å². The molecule has 0 bridgehead atoms. The van der Waals surface area contributed by atoms with E-state index in [4.69, 9.17) is 0 Å². The van der Waals surface area contributed by atoms with Crippen LogP contribution < -0.4 is 5.32 Å². The van der Waals surface area contributed by atoms with Crippen LogP contribution in [0.25, 0.3) is 0 Å². The summed E-state index contributed by atoms with van der Waals surface area (Å²) in [6, 6.07) is 0. The molecule has 1 aliphatic heterocycles. The van der Waals surface area contributed by atoms with Crippen LogP contribution in [0, 0.1) is 0 Å². The summed E-state index contributed by atoms with van der Waals surface area (Å²) in [5.74, 6) is 0. The van der Waals surface area contributed by atoms with Gasteiger partial charge in [0.25, 0.3) is 0 Å². The number of hydrogen-bond donors (Lipinski definition) is 0. The molecule has 1 fully saturated rings. The molecule has 2 heteroatoms. The Morgan fingerprint density at radius 1 is 1.44 bits per heavy atom. The molecule has 0 saturated carbocycles. The van der Waals surface area contributed by atoms with Crippen molar-refractivity contribution in [3.63, 3.8) is 0 Å². The van der Waals surface area contributed by atoms with Crippen molar-refractivity contribution in [2.75, 3.05) is 26.7 Å². The van der Waals surface area contributed by atoms with Gasteiger partial charge in [0, 0.05) is 25.2 Å². The average molecular weight is 127 g/mol. The maximum atomic E-state index is 4.34. The molecule has 0 amide bonds. The highest BCUT2D eigenvalue weighted by molar-refractivity contribution is 4.85. The van der Waals surface area contributed by atoms with Crippen LogP contribution in [0.2, 0.25) is 0 Å². The van der Waals surface area contributed by atoms with Crippen LogP contribution in [0.1, 0.15) is 13.8 Å². The van der Waals surface area contributed by atoms with E-state index in [1.807, 2.05) is 0 Å². The second kappa shape index (κ2) is 2.27. The van der Waals surface area contributed by atoms with Crippen LogP contribution in [-0.4, -0.2) is 37.1 Å². The van der Waals surface area contributed by atoms with Crippen molar-refractivity contribution in [2.45, 2.75) is 19.4 Å². The summed E-state index contributed by atoms with van der Waals surface area (Å²) < 4.78 is 0. The smallest absolute Gasteiger partial charge is 0.0313 e. The van der Waals surface area contributed by atoms with Gasteiger partial charge in [-0.15, -0.1) is 0 Å². The first-order chi connectivity index (χ1) is 4.13. The molecule has 0 aromatic carbocycles. The number of nitrogens with zero attached hydrogens (tertiary/aromatic N) is 2. The lowest BCUT2D eigenvalue weighted by molar-refractivity contribution is 0.120. The summed E-state index contributed by atoms with van der Waals surface area (Å²) in [4.78, 5) is 2.36. The van der Waals surface area contributed by atoms with Crippen molar-refractivity contribution in [2.24, 2.45) is 0 Å². The Kier molecular flexibility index (Phi) is 1.78. The number of hydrogen-bond acceptors (Lipinski definition) is 1. The first-order valence-corrected chi connectivity index (χ1v) is 3.47. The quantitative estimate of drug-likeness (QED) is 0.458. The van der Waals surface area contributed by atoms with Crippen molar-refractivity contribution in [1.29, 1.82) is 0 Å². The topological polar surface area (TPSA) is 17.3 Å². The standard InChI is InChI=1S/C7H15N2/c1-7(2)6-8-4-5-9(7)3/h4-6H2,1-3H3. The highest BCUT2D eigenvalue weighted by atomic mass is 15.2. The summed E-state index contributed by atoms with van der Waals surface area (Å²) in [5.41, 5.74) is 0.304. The fraction of sp³-hybridized carbons (Fsp3) is 1.00. The van der Waals surface area contributed by atoms with Crippen LogP contribution in [0.4, 0.5) is 0 Å². The van der Waals surface area contributed by atoms with Crippen molar-refractivity contribution >= 4 is 0 Å². The normalized spacial score (nSPS) is 28.3. The fourth-order valence-electron chi connectivity index (χ4n) is 0.997. The molecule has 2 nitrogen and oxygen atoms in total. The van der Waals surface area contributed by atoms with Crippen LogP contribution in [0.5, 0.6) is 0 Å². The van der Waals surface area contributed by atoms with Gasteiger partial charge in [-0.1, -0.05) is 0 Å². The molecule has 0 aromatic rings. The molecule has 1 aliphatic rings. The van der Waals surface area contributed by atoms with Gasteiger partial charge in [-0.3, -0.25) is 4.90 Å². The van der Waals surface area contributed by atoms with E-state index in [0.717, 1.165) is 19.6 Å². The molecule has 0 aliphatic carbocycles. The van der Waals surface area contributed by atoms with E-state index in [9.17, 15) is 0 Å². The Labute approximate surface area is 57.2 Å². The monoisotopic (exact) mass is 127 g/mol. The summed E-state index contributed by atoms with van der Waals surface area (Å²) in [6.07, 6.45) is 0. The van der Waals surface area contributed by atoms with Gasteiger partial charge in [-0.05, 0) is 20.9 Å². The predicted octanol–water partition coefficient (Wildman–Crippen LogP) is 0.315. The molecule has 1 heterocycles. The van der Waals surface area contributed by atoms with Crippen LogP contribution in [-0.2, 0) is 0 Å². The van der Waals surface area contributed by atoms with Gasteiger partial charge in [-0.2, -0.15) is 0 Å². The predicted molar refractivity (Wildman–Crippen MR) is 38.6 cm³/mol. The molecule has 0 unspecified atom stereocenters. The zero-order valence-corrected chi connectivity index (χ0v) is 6.52. The van der Waals surface area contributed by atoms with E-state index in [0.29, 0.717) is 5.54 Å². The van der Waals surface area contributed by atoms with Crippen molar-refractivity contribution in [1.82, 2.24) is 10.2 Å². The lowest BCUT2D eigenvalue weighted by atomic mass is 10.0. The second-order valence-corrected chi connectivity index (χ2v) is 3.34. The summed E-state index contributed by atoms with van der Waals surface area (Å²) in [5, 5.41) is 4.34. The third kappa shape index (κ3) is 1.43. The first-order valence-electron chi connectivity index (χ1n) is 3.47. The first kappa shape index (κ1) is 7.03. The van der Waals surface area contributed by atoms with E-state index in [2.05, 4.69) is 31.1 Å². The van der Waals surface area contributed by atoms with Gasteiger partial charge in [0.05, 0.1) is 0 Å². The minimum Gasteiger partial charge on any atom is -0.299 e. The Bertz CT molecular complexity index is 99.1. The minimum atomic E-state index is 0.304. The van der Waals surface area contributed by atoms with E-state index >= 15 is 0 Å². The lowest BCUT2D eigenvalue weighted by Crippen LogP contribution is -2.53. The van der Waals surface area contributed by atoms with Gasteiger partial charge < -0.3 is 0 Å². The Morgan fingerprint density at radius 2 is 2.11 bits per heavy atom. The second-order valence-electron chi connectivity index (χ2n) is 3.34. The van der Waals surface area contributed by atoms with Crippen LogP contribution in [0.15, 0.2) is 0 Å². The number of rotatable bonds is 0. The van der Waals surface area contributed by atoms with E-state index in [-0.39, 0.29) is 0 Å². The number of piperazine rings is 1. The third-order valence-corrected chi connectivity index (χ3v) is 2.13. The molecule has 1 saturated heterocycles. The molecular weight excluding hydrogens is 112 g/mol. The fourth-order valence-corrected chi connectivity index (χ4v) is 0.997. The number of likely N-dealkylation sites (N-methyl/N-ethyl adjacent to an activating group) is 1. The minimum absolute atomic E-state index is 0.304. The largest absolute Gasteiger partial charge is 0.299 e. The SMILES string of the molecule is CN1CC[N]CC1(C)C. The highest BCUT2D eigenvalue weighted by Gasteiger charge is 2.26. The molecule has 9 heavy (non-hydrogen) atoms. The van der Waals surface area contributed by atoms with E-state index < -0.39 is 0 Å². The molecule has 0 aromatic heterocycles. The van der Waals surface area contributed by atoms with Gasteiger partial charge in [0.2, 0.25) is 0 Å². The summed E-state index contributed by atoms with van der Waals surface area (Å²) >= 11 is 0. The van der Waals surface area contributed by atoms with Crippen LogP contribution in [0.3, 0.4) is 0 Å². The molecule has 0 atom stereocenters.